The van der Waals surface area contributed by atoms with Crippen LogP contribution in [0.1, 0.15) is 0 Å². The Kier molecular flexibility index (Phi) is 9.92. The van der Waals surface area contributed by atoms with Gasteiger partial charge in [0.1, 0.15) is 0 Å². The maximum absolute atomic E-state index is 10.6. The number of nitrogens with one attached hydrogen (secondary N) is 1. The number of ether oxygens (including phenoxy) is 2. The van der Waals surface area contributed by atoms with E-state index in [1.807, 2.05) is 0 Å². The first kappa shape index (κ1) is 14.6. The van der Waals surface area contributed by atoms with Crippen molar-refractivity contribution in [3.05, 3.63) is 12.7 Å². The molecule has 0 bridgehead atoms. The second-order valence-electron chi connectivity index (χ2n) is 2.62. The SMILES string of the molecule is C=CCNCCOC(OCCN)[P+](=O)[O-]. The Morgan fingerprint density at radius 2 is 2.20 bits per heavy atom. The van der Waals surface area contributed by atoms with Gasteiger partial charge in [-0.05, 0) is 0 Å². The molecule has 2 unspecified atom stereocenters. The normalized spacial score (nSPS) is 13.6. The molecule has 0 aromatic heterocycles. The van der Waals surface area contributed by atoms with Crippen LogP contribution in [0.4, 0.5) is 0 Å². The van der Waals surface area contributed by atoms with E-state index in [2.05, 4.69) is 11.9 Å². The van der Waals surface area contributed by atoms with Crippen LogP contribution in [0.2, 0.25) is 0 Å². The van der Waals surface area contributed by atoms with Gasteiger partial charge in [0.2, 0.25) is 0 Å². The quantitative estimate of drug-likeness (QED) is 0.222. The fraction of sp³-hybridized carbons (Fsp3) is 0.750. The molecule has 0 radical (unpaired) electrons. The van der Waals surface area contributed by atoms with Crippen LogP contribution in [0.15, 0.2) is 12.7 Å². The van der Waals surface area contributed by atoms with Crippen molar-refractivity contribution in [1.29, 1.82) is 0 Å². The Bertz CT molecular complexity index is 191. The third-order valence-corrected chi connectivity index (χ3v) is 2.02. The van der Waals surface area contributed by atoms with Crippen molar-refractivity contribution < 1.29 is 18.9 Å². The minimum Gasteiger partial charge on any atom is -0.591 e. The van der Waals surface area contributed by atoms with Crippen molar-refractivity contribution in [2.75, 3.05) is 32.8 Å². The summed E-state index contributed by atoms with van der Waals surface area (Å²) in [6, 6.07) is -1.20. The molecular weight excluding hydrogens is 219 g/mol. The molecule has 0 fully saturated rings. The Balaban J connectivity index is 3.57. The number of hydrogen-bond acceptors (Lipinski definition) is 6. The molecule has 15 heavy (non-hydrogen) atoms. The van der Waals surface area contributed by atoms with Crippen molar-refractivity contribution >= 4 is 8.03 Å². The predicted molar refractivity (Wildman–Crippen MR) is 55.4 cm³/mol. The van der Waals surface area contributed by atoms with Crippen molar-refractivity contribution in [3.8, 4) is 0 Å². The van der Waals surface area contributed by atoms with Crippen LogP contribution in [0.3, 0.4) is 0 Å². The van der Waals surface area contributed by atoms with E-state index in [0.29, 0.717) is 13.1 Å². The highest BCUT2D eigenvalue weighted by Crippen LogP contribution is 2.19. The molecular formula is C8H17N2O4P. The van der Waals surface area contributed by atoms with E-state index in [4.69, 9.17) is 15.2 Å². The lowest BCUT2D eigenvalue weighted by Crippen LogP contribution is -2.26. The molecule has 0 spiro atoms. The standard InChI is InChI=1S/C8H17N2O4P/c1-2-4-10-5-7-14-8(15(11)12)13-6-3-9/h2,8,10H,1,3-7,9H2. The van der Waals surface area contributed by atoms with Crippen LogP contribution in [0.25, 0.3) is 0 Å². The molecule has 7 heteroatoms. The molecule has 0 aliphatic carbocycles. The lowest BCUT2D eigenvalue weighted by Gasteiger charge is -2.10. The number of nitrogens with two attached hydrogens (primary N) is 1. The zero-order valence-corrected chi connectivity index (χ0v) is 9.45. The van der Waals surface area contributed by atoms with Gasteiger partial charge >= 0.3 is 14.1 Å². The molecule has 0 amide bonds. The largest absolute Gasteiger partial charge is 0.591 e. The molecule has 0 saturated carbocycles. The number of hydrogen-bond donors (Lipinski definition) is 2. The number of rotatable bonds is 10. The average Bonchev–Trinajstić information content (AvgIpc) is 2.21. The summed E-state index contributed by atoms with van der Waals surface area (Å²) in [5.41, 5.74) is 5.17. The van der Waals surface area contributed by atoms with Gasteiger partial charge in [0.05, 0.1) is 13.2 Å². The molecule has 6 nitrogen and oxygen atoms in total. The molecule has 88 valence electrons. The van der Waals surface area contributed by atoms with Crippen LogP contribution in [-0.2, 0) is 14.0 Å². The Labute approximate surface area is 90.3 Å². The summed E-state index contributed by atoms with van der Waals surface area (Å²) in [6.45, 7) is 5.40. The van der Waals surface area contributed by atoms with E-state index in [1.54, 1.807) is 6.08 Å². The fourth-order valence-corrected chi connectivity index (χ4v) is 1.23. The van der Waals surface area contributed by atoms with Gasteiger partial charge in [-0.1, -0.05) is 10.6 Å². The van der Waals surface area contributed by atoms with Crippen molar-refractivity contribution in [3.63, 3.8) is 0 Å². The molecule has 0 aromatic carbocycles. The van der Waals surface area contributed by atoms with Gasteiger partial charge in [-0.3, -0.25) is 0 Å². The highest BCUT2D eigenvalue weighted by atomic mass is 31.1. The highest BCUT2D eigenvalue weighted by molar-refractivity contribution is 7.36. The van der Waals surface area contributed by atoms with Gasteiger partial charge in [0, 0.05) is 19.6 Å². The van der Waals surface area contributed by atoms with Gasteiger partial charge in [-0.2, -0.15) is 0 Å². The van der Waals surface area contributed by atoms with E-state index in [1.165, 1.54) is 0 Å². The summed E-state index contributed by atoms with van der Waals surface area (Å²) in [5, 5.41) is 2.97. The van der Waals surface area contributed by atoms with Gasteiger partial charge in [0.25, 0.3) is 0 Å². The van der Waals surface area contributed by atoms with Crippen molar-refractivity contribution in [1.82, 2.24) is 5.32 Å². The third kappa shape index (κ3) is 8.62. The fourth-order valence-electron chi connectivity index (χ4n) is 0.775. The van der Waals surface area contributed by atoms with E-state index in [-0.39, 0.29) is 19.8 Å². The molecule has 0 aliphatic rings. The average molecular weight is 236 g/mol. The summed E-state index contributed by atoms with van der Waals surface area (Å²) in [5.74, 6) is 0. The van der Waals surface area contributed by atoms with E-state index >= 15 is 0 Å². The summed E-state index contributed by atoms with van der Waals surface area (Å²) in [4.78, 5) is 10.6. The van der Waals surface area contributed by atoms with Gasteiger partial charge in [-0.25, -0.2) is 0 Å². The van der Waals surface area contributed by atoms with Crippen LogP contribution >= 0.6 is 8.03 Å². The molecule has 0 aromatic rings. The minimum atomic E-state index is -2.75. The molecule has 0 heterocycles. The first-order valence-corrected chi connectivity index (χ1v) is 5.85. The summed E-state index contributed by atoms with van der Waals surface area (Å²) in [7, 11) is -2.75. The third-order valence-electron chi connectivity index (χ3n) is 1.38. The Morgan fingerprint density at radius 3 is 2.73 bits per heavy atom. The molecule has 3 N–H and O–H groups in total. The van der Waals surface area contributed by atoms with Gasteiger partial charge in [-0.15, -0.1) is 6.58 Å². The van der Waals surface area contributed by atoms with Crippen molar-refractivity contribution in [2.24, 2.45) is 5.73 Å². The topological polar surface area (TPSA) is 96.6 Å². The predicted octanol–water partition coefficient (Wildman–Crippen LogP) is -0.860. The van der Waals surface area contributed by atoms with E-state index in [9.17, 15) is 9.46 Å². The first-order chi connectivity index (χ1) is 7.22. The van der Waals surface area contributed by atoms with E-state index < -0.39 is 14.1 Å². The van der Waals surface area contributed by atoms with Crippen LogP contribution in [0, 0.1) is 0 Å². The molecule has 0 rings (SSSR count). The maximum Gasteiger partial charge on any atom is 0.373 e. The lowest BCUT2D eigenvalue weighted by molar-refractivity contribution is -0.197. The Morgan fingerprint density at radius 1 is 1.53 bits per heavy atom. The zero-order chi connectivity index (χ0) is 11.5. The second-order valence-corrected chi connectivity index (χ2v) is 3.61. The summed E-state index contributed by atoms with van der Waals surface area (Å²) < 4.78 is 20.5. The minimum absolute atomic E-state index is 0.161. The maximum atomic E-state index is 10.6. The van der Waals surface area contributed by atoms with E-state index in [0.717, 1.165) is 0 Å². The lowest BCUT2D eigenvalue weighted by atomic mass is 10.6. The monoisotopic (exact) mass is 236 g/mol. The van der Waals surface area contributed by atoms with Crippen LogP contribution in [-0.4, -0.2) is 38.9 Å². The van der Waals surface area contributed by atoms with Gasteiger partial charge < -0.3 is 25.4 Å². The smallest absolute Gasteiger partial charge is 0.373 e. The Hall–Kier alpha value is -0.360. The van der Waals surface area contributed by atoms with Crippen LogP contribution < -0.4 is 15.9 Å². The molecule has 0 aliphatic heterocycles. The molecule has 0 saturated heterocycles. The van der Waals surface area contributed by atoms with Crippen LogP contribution in [0.5, 0.6) is 0 Å². The van der Waals surface area contributed by atoms with Gasteiger partial charge in [0.15, 0.2) is 0 Å². The zero-order valence-electron chi connectivity index (χ0n) is 8.55. The second kappa shape index (κ2) is 10.2. The summed E-state index contributed by atoms with van der Waals surface area (Å²) >= 11 is 0. The summed E-state index contributed by atoms with van der Waals surface area (Å²) in [6.07, 6.45) is 1.70. The molecule has 2 atom stereocenters. The van der Waals surface area contributed by atoms with Crippen molar-refractivity contribution in [2.45, 2.75) is 6.03 Å². The highest BCUT2D eigenvalue weighted by Gasteiger charge is 2.22. The first-order valence-electron chi connectivity index (χ1n) is 4.60.